The molecule has 0 bridgehead atoms. The Labute approximate surface area is 124 Å². The summed E-state index contributed by atoms with van der Waals surface area (Å²) in [4.78, 5) is 11.9. The Kier molecular flexibility index (Phi) is 6.34. The van der Waals surface area contributed by atoms with Crippen molar-refractivity contribution in [3.8, 4) is 0 Å². The fourth-order valence-electron chi connectivity index (χ4n) is 2.27. The van der Waals surface area contributed by atoms with Crippen LogP contribution in [-0.2, 0) is 0 Å². The molecule has 1 unspecified atom stereocenters. The van der Waals surface area contributed by atoms with Gasteiger partial charge < -0.3 is 15.6 Å². The molecule has 106 valence electrons. The normalized spacial score (nSPS) is 19.1. The van der Waals surface area contributed by atoms with Gasteiger partial charge in [-0.2, -0.15) is 4.98 Å². The molecule has 2 aromatic heterocycles. The van der Waals surface area contributed by atoms with Crippen molar-refractivity contribution in [2.75, 3.05) is 18.4 Å². The van der Waals surface area contributed by atoms with E-state index >= 15 is 0 Å². The van der Waals surface area contributed by atoms with Crippen LogP contribution >= 0.6 is 24.8 Å². The van der Waals surface area contributed by atoms with E-state index < -0.39 is 0 Å². The maximum Gasteiger partial charge on any atom is 0.202 e. The Morgan fingerprint density at radius 1 is 1.21 bits per heavy atom. The van der Waals surface area contributed by atoms with E-state index in [9.17, 15) is 0 Å². The zero-order valence-corrected chi connectivity index (χ0v) is 12.2. The lowest BCUT2D eigenvalue weighted by Gasteiger charge is -2.14. The summed E-state index contributed by atoms with van der Waals surface area (Å²) in [5, 5.41) is 6.87. The predicted molar refractivity (Wildman–Crippen MR) is 82.5 cm³/mol. The number of nitrogens with one attached hydrogen (secondary N) is 3. The Morgan fingerprint density at radius 3 is 2.95 bits per heavy atom. The SMILES string of the molecule is Cl.Cl.c1cnc2nc(NC3CCCNCC3)[nH]c2c1. The molecule has 0 aliphatic carbocycles. The van der Waals surface area contributed by atoms with Gasteiger partial charge in [0.15, 0.2) is 5.65 Å². The molecule has 2 aromatic rings. The largest absolute Gasteiger partial charge is 0.353 e. The molecule has 0 radical (unpaired) electrons. The van der Waals surface area contributed by atoms with Gasteiger partial charge in [0.05, 0.1) is 5.52 Å². The highest BCUT2D eigenvalue weighted by Crippen LogP contribution is 2.15. The van der Waals surface area contributed by atoms with Crippen molar-refractivity contribution in [2.45, 2.75) is 25.3 Å². The van der Waals surface area contributed by atoms with Crippen molar-refractivity contribution < 1.29 is 0 Å². The Morgan fingerprint density at radius 2 is 2.11 bits per heavy atom. The number of H-pyrrole nitrogens is 1. The lowest BCUT2D eigenvalue weighted by atomic mass is 10.1. The summed E-state index contributed by atoms with van der Waals surface area (Å²) in [6, 6.07) is 4.42. The molecule has 0 saturated carbocycles. The average molecular weight is 304 g/mol. The number of hydrogen-bond donors (Lipinski definition) is 3. The standard InChI is InChI=1S/C12H17N5.2ClH/c1-3-9(5-8-13-6-1)15-12-16-10-4-2-7-14-11(10)17-12;;/h2,4,7,9,13H,1,3,5-6,8H2,(H2,14,15,16,17);2*1H. The van der Waals surface area contributed by atoms with E-state index in [4.69, 9.17) is 0 Å². The fraction of sp³-hybridized carbons (Fsp3) is 0.500. The molecule has 1 fully saturated rings. The Balaban J connectivity index is 0.000000902. The summed E-state index contributed by atoms with van der Waals surface area (Å²) in [5.41, 5.74) is 1.77. The van der Waals surface area contributed by atoms with E-state index in [1.54, 1.807) is 6.20 Å². The predicted octanol–water partition coefficient (Wildman–Crippen LogP) is 2.36. The fourth-order valence-corrected chi connectivity index (χ4v) is 2.27. The van der Waals surface area contributed by atoms with Crippen LogP contribution in [0.4, 0.5) is 5.95 Å². The molecule has 0 spiro atoms. The van der Waals surface area contributed by atoms with Gasteiger partial charge in [0, 0.05) is 12.2 Å². The summed E-state index contributed by atoms with van der Waals surface area (Å²) in [6.07, 6.45) is 5.32. The van der Waals surface area contributed by atoms with Crippen LogP contribution in [0.5, 0.6) is 0 Å². The molecular formula is C12H19Cl2N5. The number of aromatic nitrogens is 3. The van der Waals surface area contributed by atoms with E-state index in [0.29, 0.717) is 6.04 Å². The first kappa shape index (κ1) is 16.0. The van der Waals surface area contributed by atoms with E-state index in [2.05, 4.69) is 25.6 Å². The minimum Gasteiger partial charge on any atom is -0.353 e. The molecule has 3 heterocycles. The van der Waals surface area contributed by atoms with Gasteiger partial charge in [-0.15, -0.1) is 24.8 Å². The second kappa shape index (κ2) is 7.53. The Hall–Kier alpha value is -1.04. The van der Waals surface area contributed by atoms with E-state index in [1.165, 1.54) is 12.8 Å². The monoisotopic (exact) mass is 303 g/mol. The van der Waals surface area contributed by atoms with Crippen LogP contribution in [0.15, 0.2) is 18.3 Å². The van der Waals surface area contributed by atoms with Gasteiger partial charge >= 0.3 is 0 Å². The molecule has 0 aromatic carbocycles. The van der Waals surface area contributed by atoms with Crippen molar-refractivity contribution in [1.82, 2.24) is 20.3 Å². The van der Waals surface area contributed by atoms with E-state index in [-0.39, 0.29) is 24.8 Å². The lowest BCUT2D eigenvalue weighted by molar-refractivity contribution is 0.633. The lowest BCUT2D eigenvalue weighted by Crippen LogP contribution is -2.22. The zero-order valence-electron chi connectivity index (χ0n) is 10.6. The molecule has 1 aliphatic rings. The van der Waals surface area contributed by atoms with Crippen LogP contribution in [0.25, 0.3) is 11.2 Å². The van der Waals surface area contributed by atoms with Crippen molar-refractivity contribution in [2.24, 2.45) is 0 Å². The third kappa shape index (κ3) is 3.96. The molecule has 5 nitrogen and oxygen atoms in total. The van der Waals surface area contributed by atoms with Gasteiger partial charge in [-0.1, -0.05) is 0 Å². The average Bonchev–Trinajstić information content (AvgIpc) is 2.57. The summed E-state index contributed by atoms with van der Waals surface area (Å²) in [7, 11) is 0. The summed E-state index contributed by atoms with van der Waals surface area (Å²) < 4.78 is 0. The van der Waals surface area contributed by atoms with Crippen molar-refractivity contribution in [3.63, 3.8) is 0 Å². The highest BCUT2D eigenvalue weighted by molar-refractivity contribution is 5.85. The number of hydrogen-bond acceptors (Lipinski definition) is 4. The summed E-state index contributed by atoms with van der Waals surface area (Å²) in [5.74, 6) is 0.839. The number of nitrogens with zero attached hydrogens (tertiary/aromatic N) is 2. The molecule has 3 rings (SSSR count). The number of pyridine rings is 1. The van der Waals surface area contributed by atoms with Gasteiger partial charge in [-0.05, 0) is 44.5 Å². The molecular weight excluding hydrogens is 285 g/mol. The van der Waals surface area contributed by atoms with Gasteiger partial charge in [-0.25, -0.2) is 4.98 Å². The third-order valence-corrected chi connectivity index (χ3v) is 3.17. The smallest absolute Gasteiger partial charge is 0.202 e. The first-order valence-corrected chi connectivity index (χ1v) is 6.20. The maximum atomic E-state index is 4.44. The summed E-state index contributed by atoms with van der Waals surface area (Å²) in [6.45, 7) is 2.20. The number of rotatable bonds is 2. The van der Waals surface area contributed by atoms with Crippen LogP contribution in [0.2, 0.25) is 0 Å². The number of imidazole rings is 1. The van der Waals surface area contributed by atoms with Crippen LogP contribution in [-0.4, -0.2) is 34.1 Å². The topological polar surface area (TPSA) is 65.6 Å². The number of halogens is 2. The first-order chi connectivity index (χ1) is 8.42. The molecule has 19 heavy (non-hydrogen) atoms. The molecule has 1 saturated heterocycles. The molecule has 0 amide bonds. The zero-order chi connectivity index (χ0) is 11.5. The number of fused-ring (bicyclic) bond motifs is 1. The quantitative estimate of drug-likeness (QED) is 0.797. The van der Waals surface area contributed by atoms with Crippen molar-refractivity contribution >= 4 is 41.9 Å². The first-order valence-electron chi connectivity index (χ1n) is 6.20. The number of anilines is 1. The van der Waals surface area contributed by atoms with E-state index in [1.807, 2.05) is 12.1 Å². The summed E-state index contributed by atoms with van der Waals surface area (Å²) >= 11 is 0. The van der Waals surface area contributed by atoms with Gasteiger partial charge in [0.1, 0.15) is 0 Å². The van der Waals surface area contributed by atoms with Crippen molar-refractivity contribution in [1.29, 1.82) is 0 Å². The third-order valence-electron chi connectivity index (χ3n) is 3.17. The van der Waals surface area contributed by atoms with Crippen LogP contribution in [0.3, 0.4) is 0 Å². The minimum atomic E-state index is 0. The second-order valence-corrected chi connectivity index (χ2v) is 4.48. The van der Waals surface area contributed by atoms with Crippen LogP contribution in [0, 0.1) is 0 Å². The van der Waals surface area contributed by atoms with Gasteiger partial charge in [0.2, 0.25) is 5.95 Å². The number of aromatic amines is 1. The van der Waals surface area contributed by atoms with Gasteiger partial charge in [-0.3, -0.25) is 0 Å². The van der Waals surface area contributed by atoms with E-state index in [0.717, 1.165) is 36.6 Å². The maximum absolute atomic E-state index is 4.44. The molecule has 3 N–H and O–H groups in total. The van der Waals surface area contributed by atoms with Gasteiger partial charge in [0.25, 0.3) is 0 Å². The highest BCUT2D eigenvalue weighted by Gasteiger charge is 2.13. The molecule has 1 atom stereocenters. The Bertz CT molecular complexity index is 461. The minimum absolute atomic E-state index is 0. The van der Waals surface area contributed by atoms with Crippen LogP contribution < -0.4 is 10.6 Å². The molecule has 1 aliphatic heterocycles. The van der Waals surface area contributed by atoms with Crippen molar-refractivity contribution in [3.05, 3.63) is 18.3 Å². The second-order valence-electron chi connectivity index (χ2n) is 4.48. The van der Waals surface area contributed by atoms with Crippen LogP contribution in [0.1, 0.15) is 19.3 Å². The molecule has 7 heteroatoms. The highest BCUT2D eigenvalue weighted by atomic mass is 35.5.